The van der Waals surface area contributed by atoms with Gasteiger partial charge in [-0.2, -0.15) is 0 Å². The van der Waals surface area contributed by atoms with Gasteiger partial charge in [0.1, 0.15) is 6.04 Å². The Morgan fingerprint density at radius 3 is 2.76 bits per heavy atom. The van der Waals surface area contributed by atoms with Gasteiger partial charge in [-0.1, -0.05) is 12.1 Å². The SMILES string of the molecule is CO[C@H]1C[C@@H](C(N)=O)N(C(=O)COc2ccccc2F)C1. The summed E-state index contributed by atoms with van der Waals surface area (Å²) in [5.74, 6) is -1.58. The minimum Gasteiger partial charge on any atom is -0.481 e. The summed E-state index contributed by atoms with van der Waals surface area (Å²) in [6.07, 6.45) is 0.122. The average molecular weight is 296 g/mol. The van der Waals surface area contributed by atoms with Crippen molar-refractivity contribution in [1.82, 2.24) is 4.90 Å². The van der Waals surface area contributed by atoms with Crippen LogP contribution in [0.2, 0.25) is 0 Å². The number of primary amides is 1. The van der Waals surface area contributed by atoms with Crippen LogP contribution in [0.25, 0.3) is 0 Å². The maximum Gasteiger partial charge on any atom is 0.261 e. The molecular weight excluding hydrogens is 279 g/mol. The minimum absolute atomic E-state index is 0.0102. The van der Waals surface area contributed by atoms with Crippen LogP contribution in [0.15, 0.2) is 24.3 Å². The van der Waals surface area contributed by atoms with Crippen molar-refractivity contribution in [3.05, 3.63) is 30.1 Å². The molecule has 21 heavy (non-hydrogen) atoms. The number of ether oxygens (including phenoxy) is 2. The van der Waals surface area contributed by atoms with E-state index in [4.69, 9.17) is 15.2 Å². The van der Waals surface area contributed by atoms with E-state index in [1.54, 1.807) is 6.07 Å². The molecule has 0 bridgehead atoms. The molecule has 1 aliphatic rings. The largest absolute Gasteiger partial charge is 0.481 e. The van der Waals surface area contributed by atoms with Gasteiger partial charge in [0.05, 0.1) is 6.10 Å². The Kier molecular flexibility index (Phi) is 4.74. The fourth-order valence-electron chi connectivity index (χ4n) is 2.30. The Morgan fingerprint density at radius 1 is 1.43 bits per heavy atom. The summed E-state index contributed by atoms with van der Waals surface area (Å²) in [5, 5.41) is 0. The number of nitrogens with two attached hydrogens (primary N) is 1. The molecule has 1 aromatic carbocycles. The van der Waals surface area contributed by atoms with Crippen LogP contribution in [0.5, 0.6) is 5.75 Å². The lowest BCUT2D eigenvalue weighted by Gasteiger charge is -2.22. The van der Waals surface area contributed by atoms with Gasteiger partial charge in [-0.3, -0.25) is 9.59 Å². The predicted octanol–water partition coefficient (Wildman–Crippen LogP) is 0.306. The number of carbonyl (C=O) groups excluding carboxylic acids is 2. The van der Waals surface area contributed by atoms with E-state index >= 15 is 0 Å². The molecule has 0 unspecified atom stereocenters. The van der Waals surface area contributed by atoms with Gasteiger partial charge in [-0.05, 0) is 12.1 Å². The summed E-state index contributed by atoms with van der Waals surface area (Å²) in [4.78, 5) is 24.8. The molecule has 6 nitrogen and oxygen atoms in total. The number of hydrogen-bond acceptors (Lipinski definition) is 4. The monoisotopic (exact) mass is 296 g/mol. The molecule has 0 radical (unpaired) electrons. The third kappa shape index (κ3) is 3.49. The van der Waals surface area contributed by atoms with Crippen molar-refractivity contribution in [3.8, 4) is 5.75 Å². The topological polar surface area (TPSA) is 81.9 Å². The molecule has 1 aliphatic heterocycles. The molecule has 0 saturated carbocycles. The van der Waals surface area contributed by atoms with E-state index in [9.17, 15) is 14.0 Å². The van der Waals surface area contributed by atoms with Crippen molar-refractivity contribution in [3.63, 3.8) is 0 Å². The Hall–Kier alpha value is -2.15. The minimum atomic E-state index is -0.716. The standard InChI is InChI=1S/C14H17FN2O4/c1-20-9-6-11(14(16)19)17(7-9)13(18)8-21-12-5-3-2-4-10(12)15/h2-5,9,11H,6-8H2,1H3,(H2,16,19)/t9-,11-/m0/s1. The number of halogens is 1. The van der Waals surface area contributed by atoms with Gasteiger partial charge >= 0.3 is 0 Å². The van der Waals surface area contributed by atoms with E-state index in [2.05, 4.69) is 0 Å². The molecule has 2 atom stereocenters. The zero-order valence-electron chi connectivity index (χ0n) is 11.6. The zero-order valence-corrected chi connectivity index (χ0v) is 11.6. The molecule has 1 aromatic rings. The number of amides is 2. The molecule has 2 rings (SSSR count). The first-order chi connectivity index (χ1) is 10.0. The van der Waals surface area contributed by atoms with Crippen LogP contribution >= 0.6 is 0 Å². The van der Waals surface area contributed by atoms with Crippen molar-refractivity contribution >= 4 is 11.8 Å². The number of nitrogens with zero attached hydrogens (tertiary/aromatic N) is 1. The highest BCUT2D eigenvalue weighted by atomic mass is 19.1. The Balaban J connectivity index is 1.99. The third-order valence-electron chi connectivity index (χ3n) is 3.43. The van der Waals surface area contributed by atoms with Gasteiger partial charge in [-0.25, -0.2) is 4.39 Å². The molecule has 114 valence electrons. The van der Waals surface area contributed by atoms with E-state index in [1.165, 1.54) is 30.2 Å². The lowest BCUT2D eigenvalue weighted by Crippen LogP contribution is -2.45. The summed E-state index contributed by atoms with van der Waals surface area (Å²) in [6.45, 7) is -0.0925. The molecule has 0 spiro atoms. The number of carbonyl (C=O) groups is 2. The number of likely N-dealkylation sites (tertiary alicyclic amines) is 1. The molecule has 2 N–H and O–H groups in total. The van der Waals surface area contributed by atoms with Crippen LogP contribution in [0.4, 0.5) is 4.39 Å². The number of para-hydroxylation sites is 1. The van der Waals surface area contributed by atoms with Crippen molar-refractivity contribution < 1.29 is 23.5 Å². The molecule has 0 aliphatic carbocycles. The molecular formula is C14H17FN2O4. The van der Waals surface area contributed by atoms with Crippen LogP contribution in [0.1, 0.15) is 6.42 Å². The van der Waals surface area contributed by atoms with E-state index in [-0.39, 0.29) is 25.0 Å². The molecule has 1 fully saturated rings. The highest BCUT2D eigenvalue weighted by Gasteiger charge is 2.38. The van der Waals surface area contributed by atoms with Crippen LogP contribution in [-0.4, -0.2) is 49.1 Å². The quantitative estimate of drug-likeness (QED) is 0.847. The van der Waals surface area contributed by atoms with Crippen molar-refractivity contribution in [2.75, 3.05) is 20.3 Å². The number of hydrogen-bond donors (Lipinski definition) is 1. The molecule has 7 heteroatoms. The lowest BCUT2D eigenvalue weighted by molar-refractivity contribution is -0.139. The fraction of sp³-hybridized carbons (Fsp3) is 0.429. The van der Waals surface area contributed by atoms with Crippen molar-refractivity contribution in [1.29, 1.82) is 0 Å². The second-order valence-electron chi connectivity index (χ2n) is 4.78. The maximum absolute atomic E-state index is 13.4. The first kappa shape index (κ1) is 15.2. The maximum atomic E-state index is 13.4. The van der Waals surface area contributed by atoms with E-state index in [1.807, 2.05) is 0 Å². The van der Waals surface area contributed by atoms with Gasteiger partial charge in [0, 0.05) is 20.1 Å². The van der Waals surface area contributed by atoms with Crippen molar-refractivity contribution in [2.45, 2.75) is 18.6 Å². The molecule has 0 aromatic heterocycles. The summed E-state index contributed by atoms with van der Waals surface area (Å²) >= 11 is 0. The second kappa shape index (κ2) is 6.53. The van der Waals surface area contributed by atoms with E-state index in [0.29, 0.717) is 6.42 Å². The second-order valence-corrected chi connectivity index (χ2v) is 4.78. The fourth-order valence-corrected chi connectivity index (χ4v) is 2.30. The Bertz CT molecular complexity index is 537. The highest BCUT2D eigenvalue weighted by molar-refractivity contribution is 5.88. The Labute approximate surface area is 121 Å². The zero-order chi connectivity index (χ0) is 15.4. The van der Waals surface area contributed by atoms with Gasteiger partial charge in [0.15, 0.2) is 18.2 Å². The molecule has 1 saturated heterocycles. The number of benzene rings is 1. The van der Waals surface area contributed by atoms with Crippen LogP contribution in [0.3, 0.4) is 0 Å². The normalized spacial score (nSPS) is 21.3. The summed E-state index contributed by atoms with van der Waals surface area (Å²) in [5.41, 5.74) is 5.29. The number of methoxy groups -OCH3 is 1. The Morgan fingerprint density at radius 2 is 2.14 bits per heavy atom. The summed E-state index contributed by atoms with van der Waals surface area (Å²) in [7, 11) is 1.51. The van der Waals surface area contributed by atoms with Gasteiger partial charge < -0.3 is 20.1 Å². The van der Waals surface area contributed by atoms with E-state index < -0.39 is 23.7 Å². The van der Waals surface area contributed by atoms with E-state index in [0.717, 1.165) is 0 Å². The van der Waals surface area contributed by atoms with Crippen molar-refractivity contribution in [2.24, 2.45) is 5.73 Å². The van der Waals surface area contributed by atoms with Crippen LogP contribution < -0.4 is 10.5 Å². The average Bonchev–Trinajstić information content (AvgIpc) is 2.90. The first-order valence-corrected chi connectivity index (χ1v) is 6.52. The van der Waals surface area contributed by atoms with Gasteiger partial charge in [0.2, 0.25) is 5.91 Å². The third-order valence-corrected chi connectivity index (χ3v) is 3.43. The predicted molar refractivity (Wildman–Crippen MR) is 72.0 cm³/mol. The molecule has 1 heterocycles. The van der Waals surface area contributed by atoms with Gasteiger partial charge in [0.25, 0.3) is 5.91 Å². The van der Waals surface area contributed by atoms with Crippen LogP contribution in [0, 0.1) is 5.82 Å². The molecule has 2 amide bonds. The number of rotatable bonds is 5. The smallest absolute Gasteiger partial charge is 0.261 e. The lowest BCUT2D eigenvalue weighted by atomic mass is 10.2. The summed E-state index contributed by atoms with van der Waals surface area (Å²) < 4.78 is 23.7. The highest BCUT2D eigenvalue weighted by Crippen LogP contribution is 2.21. The summed E-state index contributed by atoms with van der Waals surface area (Å²) in [6, 6.07) is 5.08. The van der Waals surface area contributed by atoms with Gasteiger partial charge in [-0.15, -0.1) is 0 Å². The first-order valence-electron chi connectivity index (χ1n) is 6.52. The van der Waals surface area contributed by atoms with Crippen LogP contribution in [-0.2, 0) is 14.3 Å².